The zero-order valence-electron chi connectivity index (χ0n) is 14.2. The summed E-state index contributed by atoms with van der Waals surface area (Å²) in [4.78, 5) is 0. The SMILES string of the molecule is C[C@]12C[C@H](O)[C@H]3[C@@H](CC=C4C[C@H](O)CC[C@@]43C)[C@@H]1C[C@@H](O)[C@@H]2O. The molecule has 0 unspecified atom stereocenters. The smallest absolute Gasteiger partial charge is 0.0856 e. The van der Waals surface area contributed by atoms with Crippen molar-refractivity contribution in [2.45, 2.75) is 76.8 Å². The highest BCUT2D eigenvalue weighted by molar-refractivity contribution is 5.27. The highest BCUT2D eigenvalue weighted by Gasteiger charge is 2.63. The van der Waals surface area contributed by atoms with Crippen LogP contribution in [0.15, 0.2) is 11.6 Å². The van der Waals surface area contributed by atoms with Crippen molar-refractivity contribution in [3.8, 4) is 0 Å². The molecular weight excluding hydrogens is 292 g/mol. The molecule has 23 heavy (non-hydrogen) atoms. The Morgan fingerprint density at radius 2 is 1.83 bits per heavy atom. The van der Waals surface area contributed by atoms with Gasteiger partial charge in [0.15, 0.2) is 0 Å². The lowest BCUT2D eigenvalue weighted by atomic mass is 9.47. The van der Waals surface area contributed by atoms with Crippen molar-refractivity contribution in [3.05, 3.63) is 11.6 Å². The van der Waals surface area contributed by atoms with Gasteiger partial charge in [0.1, 0.15) is 0 Å². The van der Waals surface area contributed by atoms with Crippen molar-refractivity contribution in [2.24, 2.45) is 28.6 Å². The van der Waals surface area contributed by atoms with E-state index in [-0.39, 0.29) is 28.8 Å². The minimum Gasteiger partial charge on any atom is -0.393 e. The Morgan fingerprint density at radius 3 is 2.57 bits per heavy atom. The minimum atomic E-state index is -0.727. The van der Waals surface area contributed by atoms with Crippen LogP contribution < -0.4 is 0 Å². The van der Waals surface area contributed by atoms with Crippen molar-refractivity contribution in [1.29, 1.82) is 0 Å². The Bertz CT molecular complexity index is 531. The minimum absolute atomic E-state index is 0.0403. The van der Waals surface area contributed by atoms with Crippen LogP contribution in [0.3, 0.4) is 0 Å². The molecule has 0 radical (unpaired) electrons. The molecule has 0 bridgehead atoms. The van der Waals surface area contributed by atoms with E-state index in [2.05, 4.69) is 13.0 Å². The summed E-state index contributed by atoms with van der Waals surface area (Å²) in [6, 6.07) is 0. The number of hydrogen-bond acceptors (Lipinski definition) is 4. The van der Waals surface area contributed by atoms with Gasteiger partial charge in [-0.1, -0.05) is 25.5 Å². The maximum absolute atomic E-state index is 11.0. The topological polar surface area (TPSA) is 80.9 Å². The molecule has 0 saturated heterocycles. The van der Waals surface area contributed by atoms with Crippen LogP contribution in [0.4, 0.5) is 0 Å². The van der Waals surface area contributed by atoms with Crippen LogP contribution in [-0.4, -0.2) is 44.8 Å². The summed E-state index contributed by atoms with van der Waals surface area (Å²) in [5, 5.41) is 41.7. The fourth-order valence-corrected chi connectivity index (χ4v) is 6.77. The number of hydrogen-bond donors (Lipinski definition) is 4. The second-order valence-corrected chi connectivity index (χ2v) is 9.10. The van der Waals surface area contributed by atoms with E-state index in [9.17, 15) is 20.4 Å². The number of fused-ring (bicyclic) bond motifs is 5. The normalized spacial score (nSPS) is 58.9. The maximum atomic E-state index is 11.0. The first kappa shape index (κ1) is 16.1. The molecular formula is C19H30O4. The zero-order valence-corrected chi connectivity index (χ0v) is 14.2. The van der Waals surface area contributed by atoms with E-state index in [4.69, 9.17) is 0 Å². The van der Waals surface area contributed by atoms with Gasteiger partial charge in [0.2, 0.25) is 0 Å². The molecule has 130 valence electrons. The molecule has 0 aliphatic heterocycles. The predicted molar refractivity (Wildman–Crippen MR) is 86.5 cm³/mol. The molecule has 0 spiro atoms. The number of allylic oxidation sites excluding steroid dienone is 1. The second kappa shape index (κ2) is 5.04. The lowest BCUT2D eigenvalue weighted by Gasteiger charge is -2.59. The largest absolute Gasteiger partial charge is 0.393 e. The van der Waals surface area contributed by atoms with Gasteiger partial charge in [-0.15, -0.1) is 0 Å². The molecule has 4 N–H and O–H groups in total. The number of aliphatic hydroxyl groups is 4. The van der Waals surface area contributed by atoms with Crippen LogP contribution >= 0.6 is 0 Å². The molecule has 4 nitrogen and oxygen atoms in total. The predicted octanol–water partition coefficient (Wildman–Crippen LogP) is 1.61. The molecule has 0 aromatic rings. The average molecular weight is 322 g/mol. The third-order valence-electron chi connectivity index (χ3n) is 7.98. The van der Waals surface area contributed by atoms with Gasteiger partial charge < -0.3 is 20.4 Å². The van der Waals surface area contributed by atoms with E-state index < -0.39 is 18.3 Å². The first-order valence-corrected chi connectivity index (χ1v) is 9.19. The summed E-state index contributed by atoms with van der Waals surface area (Å²) in [7, 11) is 0. The van der Waals surface area contributed by atoms with Crippen LogP contribution in [-0.2, 0) is 0 Å². The quantitative estimate of drug-likeness (QED) is 0.511. The lowest BCUT2D eigenvalue weighted by Crippen LogP contribution is -2.57. The number of aliphatic hydroxyl groups excluding tert-OH is 4. The summed E-state index contributed by atoms with van der Waals surface area (Å²) < 4.78 is 0. The van der Waals surface area contributed by atoms with E-state index in [1.165, 1.54) is 5.57 Å². The van der Waals surface area contributed by atoms with Crippen molar-refractivity contribution < 1.29 is 20.4 Å². The van der Waals surface area contributed by atoms with Gasteiger partial charge in [0.05, 0.1) is 24.4 Å². The Labute approximate surface area is 138 Å². The van der Waals surface area contributed by atoms with Crippen LogP contribution in [0, 0.1) is 28.6 Å². The monoisotopic (exact) mass is 322 g/mol. The first-order valence-electron chi connectivity index (χ1n) is 9.19. The molecule has 4 rings (SSSR count). The zero-order chi connectivity index (χ0) is 16.6. The summed E-state index contributed by atoms with van der Waals surface area (Å²) in [5.74, 6) is 0.771. The lowest BCUT2D eigenvalue weighted by molar-refractivity contribution is -0.140. The first-order chi connectivity index (χ1) is 10.8. The third kappa shape index (κ3) is 2.05. The molecule has 4 aliphatic rings. The molecule has 3 saturated carbocycles. The average Bonchev–Trinajstić information content (AvgIpc) is 2.71. The Balaban J connectivity index is 1.73. The molecule has 4 aliphatic carbocycles. The fourth-order valence-electron chi connectivity index (χ4n) is 6.77. The molecule has 0 heterocycles. The van der Waals surface area contributed by atoms with Crippen molar-refractivity contribution in [3.63, 3.8) is 0 Å². The summed E-state index contributed by atoms with van der Waals surface area (Å²) >= 11 is 0. The summed E-state index contributed by atoms with van der Waals surface area (Å²) in [6.07, 6.45) is 4.80. The Kier molecular flexibility index (Phi) is 3.52. The van der Waals surface area contributed by atoms with Crippen molar-refractivity contribution in [2.75, 3.05) is 0 Å². The Hall–Kier alpha value is -0.420. The highest BCUT2D eigenvalue weighted by Crippen LogP contribution is 2.64. The standard InChI is InChI=1S/C19H30O4/c1-18-6-5-11(20)7-10(18)3-4-12-13-8-14(21)17(23)19(13,2)9-15(22)16(12)18/h3,11-17,20-23H,4-9H2,1-2H3/t11-,12+,13+,14-,15+,16-,17+,18+,19+/m1/s1. The van der Waals surface area contributed by atoms with Gasteiger partial charge in [-0.2, -0.15) is 0 Å². The van der Waals surface area contributed by atoms with Gasteiger partial charge in [-0.3, -0.25) is 0 Å². The second-order valence-electron chi connectivity index (χ2n) is 9.10. The molecule has 3 fully saturated rings. The van der Waals surface area contributed by atoms with Crippen LogP contribution in [0.1, 0.15) is 52.4 Å². The molecule has 0 aromatic heterocycles. The van der Waals surface area contributed by atoms with Crippen molar-refractivity contribution in [1.82, 2.24) is 0 Å². The molecule has 0 aromatic carbocycles. The van der Waals surface area contributed by atoms with Crippen LogP contribution in [0.2, 0.25) is 0 Å². The summed E-state index contributed by atoms with van der Waals surface area (Å²) in [5.41, 5.74) is 0.899. The van der Waals surface area contributed by atoms with E-state index >= 15 is 0 Å². The van der Waals surface area contributed by atoms with Crippen LogP contribution in [0.25, 0.3) is 0 Å². The molecule has 0 amide bonds. The third-order valence-corrected chi connectivity index (χ3v) is 7.98. The van der Waals surface area contributed by atoms with E-state index in [0.29, 0.717) is 18.8 Å². The highest BCUT2D eigenvalue weighted by atomic mass is 16.3. The maximum Gasteiger partial charge on any atom is 0.0856 e. The van der Waals surface area contributed by atoms with E-state index in [1.807, 2.05) is 6.92 Å². The molecule has 4 heteroatoms. The van der Waals surface area contributed by atoms with Gasteiger partial charge in [-0.25, -0.2) is 0 Å². The van der Waals surface area contributed by atoms with E-state index in [0.717, 1.165) is 25.7 Å². The van der Waals surface area contributed by atoms with E-state index in [1.54, 1.807) is 0 Å². The van der Waals surface area contributed by atoms with Crippen LogP contribution in [0.5, 0.6) is 0 Å². The van der Waals surface area contributed by atoms with Gasteiger partial charge in [0.25, 0.3) is 0 Å². The van der Waals surface area contributed by atoms with Crippen molar-refractivity contribution >= 4 is 0 Å². The van der Waals surface area contributed by atoms with Gasteiger partial charge in [-0.05, 0) is 61.7 Å². The fraction of sp³-hybridized carbons (Fsp3) is 0.895. The summed E-state index contributed by atoms with van der Waals surface area (Å²) in [6.45, 7) is 4.30. The molecule has 9 atom stereocenters. The Morgan fingerprint density at radius 1 is 1.09 bits per heavy atom. The van der Waals surface area contributed by atoms with Gasteiger partial charge in [0, 0.05) is 5.41 Å². The number of rotatable bonds is 0. The van der Waals surface area contributed by atoms with Gasteiger partial charge >= 0.3 is 0 Å².